The van der Waals surface area contributed by atoms with Crippen LogP contribution in [0.3, 0.4) is 0 Å². The second-order valence-electron chi connectivity index (χ2n) is 9.13. The van der Waals surface area contributed by atoms with Crippen molar-refractivity contribution in [2.24, 2.45) is 5.92 Å². The van der Waals surface area contributed by atoms with Crippen molar-refractivity contribution >= 4 is 0 Å². The molecule has 0 saturated heterocycles. The molecule has 0 amide bonds. The van der Waals surface area contributed by atoms with Crippen LogP contribution in [-0.4, -0.2) is 25.8 Å². The van der Waals surface area contributed by atoms with Crippen molar-refractivity contribution in [1.29, 1.82) is 0 Å². The zero-order valence-corrected chi connectivity index (χ0v) is 22.2. The van der Waals surface area contributed by atoms with Crippen LogP contribution in [0.15, 0.2) is 0 Å². The summed E-state index contributed by atoms with van der Waals surface area (Å²) in [7, 11) is 0. The van der Waals surface area contributed by atoms with E-state index >= 15 is 0 Å². The van der Waals surface area contributed by atoms with Crippen molar-refractivity contribution in [3.8, 4) is 0 Å². The fourth-order valence-electron chi connectivity index (χ4n) is 4.63. The monoisotopic (exact) mass is 442 g/mol. The van der Waals surface area contributed by atoms with Crippen LogP contribution in [0, 0.1) is 5.92 Å². The van der Waals surface area contributed by atoms with Crippen LogP contribution in [0.25, 0.3) is 0 Å². The minimum absolute atomic E-state index is 0.326. The van der Waals surface area contributed by atoms with Gasteiger partial charge in [0.15, 0.2) is 0 Å². The van der Waals surface area contributed by atoms with E-state index in [-0.39, 0.29) is 0 Å². The predicted molar refractivity (Wildman–Crippen MR) is 136 cm³/mol. The Kier molecular flexibility index (Phi) is 23.0. The average molecular weight is 443 g/mol. The van der Waals surface area contributed by atoms with Crippen LogP contribution < -0.4 is 0 Å². The number of rotatable bonds is 25. The van der Waals surface area contributed by atoms with Gasteiger partial charge in [0.2, 0.25) is 0 Å². The lowest BCUT2D eigenvalue weighted by Crippen LogP contribution is -2.46. The highest BCUT2D eigenvalue weighted by Gasteiger charge is 2.41. The zero-order chi connectivity index (χ0) is 23.0. The van der Waals surface area contributed by atoms with Gasteiger partial charge < -0.3 is 14.2 Å². The first-order valence-corrected chi connectivity index (χ1v) is 14.1. The van der Waals surface area contributed by atoms with Crippen LogP contribution in [0.2, 0.25) is 0 Å². The maximum Gasteiger partial charge on any atom is 0.285 e. The summed E-state index contributed by atoms with van der Waals surface area (Å²) in [6.07, 6.45) is 24.0. The third-order valence-corrected chi connectivity index (χ3v) is 6.35. The third kappa shape index (κ3) is 16.2. The highest BCUT2D eigenvalue weighted by atomic mass is 16.9. The van der Waals surface area contributed by atoms with E-state index in [0.717, 1.165) is 12.8 Å². The van der Waals surface area contributed by atoms with Gasteiger partial charge in [0.05, 0.1) is 0 Å². The van der Waals surface area contributed by atoms with Gasteiger partial charge in [0, 0.05) is 25.7 Å². The van der Waals surface area contributed by atoms with Crippen molar-refractivity contribution < 1.29 is 14.2 Å². The molecule has 0 saturated carbocycles. The van der Waals surface area contributed by atoms with Gasteiger partial charge in [-0.3, -0.25) is 0 Å². The molecule has 0 N–H and O–H groups in total. The maximum atomic E-state index is 6.17. The molecule has 0 aliphatic heterocycles. The molecule has 0 bridgehead atoms. The van der Waals surface area contributed by atoms with Crippen LogP contribution in [-0.2, 0) is 14.2 Å². The van der Waals surface area contributed by atoms with E-state index in [2.05, 4.69) is 34.6 Å². The lowest BCUT2D eigenvalue weighted by Gasteiger charge is -2.39. The quantitative estimate of drug-likeness (QED) is 0.104. The van der Waals surface area contributed by atoms with Gasteiger partial charge in [-0.05, 0) is 33.6 Å². The molecule has 0 aliphatic rings. The Labute approximate surface area is 196 Å². The number of unbranched alkanes of at least 4 members (excludes halogenated alkanes) is 14. The summed E-state index contributed by atoms with van der Waals surface area (Å²) in [4.78, 5) is 0. The average Bonchev–Trinajstić information content (AvgIpc) is 2.76. The molecule has 0 fully saturated rings. The van der Waals surface area contributed by atoms with Crippen molar-refractivity contribution in [3.05, 3.63) is 0 Å². The molecule has 1 atom stereocenters. The first-order valence-electron chi connectivity index (χ1n) is 14.1. The van der Waals surface area contributed by atoms with Crippen molar-refractivity contribution in [1.82, 2.24) is 0 Å². The zero-order valence-electron chi connectivity index (χ0n) is 22.2. The van der Waals surface area contributed by atoms with Crippen LogP contribution in [0.5, 0.6) is 0 Å². The number of hydrogen-bond acceptors (Lipinski definition) is 3. The Morgan fingerprint density at radius 3 is 1.00 bits per heavy atom. The van der Waals surface area contributed by atoms with Gasteiger partial charge in [-0.1, -0.05) is 117 Å². The van der Waals surface area contributed by atoms with E-state index in [0.29, 0.717) is 25.7 Å². The van der Waals surface area contributed by atoms with E-state index in [1.807, 2.05) is 0 Å². The summed E-state index contributed by atoms with van der Waals surface area (Å²) in [5.74, 6) is -0.520. The molecule has 0 heterocycles. The molecule has 0 aromatic carbocycles. The van der Waals surface area contributed by atoms with Gasteiger partial charge in [-0.25, -0.2) is 0 Å². The topological polar surface area (TPSA) is 27.7 Å². The van der Waals surface area contributed by atoms with Gasteiger partial charge >= 0.3 is 0 Å². The lowest BCUT2D eigenvalue weighted by molar-refractivity contribution is -0.403. The highest BCUT2D eigenvalue weighted by Crippen LogP contribution is 2.34. The Hall–Kier alpha value is -0.120. The summed E-state index contributed by atoms with van der Waals surface area (Å²) < 4.78 is 18.5. The van der Waals surface area contributed by atoms with Crippen molar-refractivity contribution in [2.45, 2.75) is 156 Å². The summed E-state index contributed by atoms with van der Waals surface area (Å²) in [5.41, 5.74) is 0. The van der Waals surface area contributed by atoms with Crippen molar-refractivity contribution in [2.75, 3.05) is 19.8 Å². The minimum atomic E-state index is -0.846. The highest BCUT2D eigenvalue weighted by molar-refractivity contribution is 4.73. The second-order valence-corrected chi connectivity index (χ2v) is 9.13. The number of hydrogen-bond donors (Lipinski definition) is 0. The molecule has 0 spiro atoms. The standard InChI is InChI=1S/C28H58O3/c1-6-11-13-15-17-18-19-20-22-24-26-27(25-23-21-16-14-12-7-2)28(29-8-3,30-9-4)31-10-5/h27H,6-26H2,1-5H3. The molecule has 3 nitrogen and oxygen atoms in total. The van der Waals surface area contributed by atoms with Gasteiger partial charge in [-0.15, -0.1) is 0 Å². The van der Waals surface area contributed by atoms with Crippen LogP contribution in [0.1, 0.15) is 150 Å². The van der Waals surface area contributed by atoms with E-state index in [4.69, 9.17) is 14.2 Å². The smallest absolute Gasteiger partial charge is 0.285 e. The molecular formula is C28H58O3. The van der Waals surface area contributed by atoms with Crippen LogP contribution >= 0.6 is 0 Å². The fourth-order valence-corrected chi connectivity index (χ4v) is 4.63. The SMILES string of the molecule is CCCCCCCCCCCCC(CCCCCCCC)C(OCC)(OCC)OCC. The maximum absolute atomic E-state index is 6.17. The molecule has 31 heavy (non-hydrogen) atoms. The van der Waals surface area contributed by atoms with E-state index in [1.54, 1.807) is 0 Å². The molecule has 1 unspecified atom stereocenters. The molecule has 0 aliphatic carbocycles. The van der Waals surface area contributed by atoms with Crippen molar-refractivity contribution in [3.63, 3.8) is 0 Å². The molecular weight excluding hydrogens is 384 g/mol. The minimum Gasteiger partial charge on any atom is -0.328 e. The number of ether oxygens (including phenoxy) is 3. The molecule has 0 radical (unpaired) electrons. The second kappa shape index (κ2) is 23.1. The summed E-state index contributed by atoms with van der Waals surface area (Å²) in [6, 6.07) is 0. The summed E-state index contributed by atoms with van der Waals surface area (Å²) in [6.45, 7) is 12.6. The van der Waals surface area contributed by atoms with Crippen LogP contribution in [0.4, 0.5) is 0 Å². The van der Waals surface area contributed by atoms with Gasteiger partial charge in [-0.2, -0.15) is 0 Å². The van der Waals surface area contributed by atoms with Gasteiger partial charge in [0.25, 0.3) is 5.97 Å². The molecule has 188 valence electrons. The summed E-state index contributed by atoms with van der Waals surface area (Å²) in [5, 5.41) is 0. The Morgan fingerprint density at radius 1 is 0.419 bits per heavy atom. The molecule has 0 aromatic rings. The molecule has 0 aromatic heterocycles. The Morgan fingerprint density at radius 2 is 0.710 bits per heavy atom. The largest absolute Gasteiger partial charge is 0.328 e. The Bertz CT molecular complexity index is 328. The fraction of sp³-hybridized carbons (Fsp3) is 1.00. The van der Waals surface area contributed by atoms with E-state index in [9.17, 15) is 0 Å². The third-order valence-electron chi connectivity index (χ3n) is 6.35. The molecule has 3 heteroatoms. The summed E-state index contributed by atoms with van der Waals surface area (Å²) >= 11 is 0. The lowest BCUT2D eigenvalue weighted by atomic mass is 9.91. The molecule has 0 rings (SSSR count). The first kappa shape index (κ1) is 30.9. The van der Waals surface area contributed by atoms with E-state index in [1.165, 1.54) is 103 Å². The normalized spacial score (nSPS) is 13.1. The first-order chi connectivity index (χ1) is 15.2. The Balaban J connectivity index is 4.50. The van der Waals surface area contributed by atoms with Gasteiger partial charge in [0.1, 0.15) is 0 Å². The van der Waals surface area contributed by atoms with E-state index < -0.39 is 5.97 Å². The predicted octanol–water partition coefficient (Wildman–Crippen LogP) is 9.43.